The van der Waals surface area contributed by atoms with Crippen LogP contribution in [0.3, 0.4) is 0 Å². The summed E-state index contributed by atoms with van der Waals surface area (Å²) in [4.78, 5) is 33.1. The zero-order chi connectivity index (χ0) is 21.5. The summed E-state index contributed by atoms with van der Waals surface area (Å²) in [6, 6.07) is 5.35. The zero-order valence-electron chi connectivity index (χ0n) is 17.4. The van der Waals surface area contributed by atoms with Crippen LogP contribution in [0.25, 0.3) is 0 Å². The number of anilines is 1. The molecular weight excluding hydrogens is 404 g/mol. The number of carbonyl (C=O) groups excluding carboxylic acids is 1. The summed E-state index contributed by atoms with van der Waals surface area (Å²) in [5.41, 5.74) is 2.07. The second-order valence-electron chi connectivity index (χ2n) is 7.09. The summed E-state index contributed by atoms with van der Waals surface area (Å²) in [5, 5.41) is 18.1. The number of nitrogens with zero attached hydrogens (tertiary/aromatic N) is 5. The van der Waals surface area contributed by atoms with Crippen LogP contribution in [0.4, 0.5) is 16.3 Å². The first-order chi connectivity index (χ1) is 14.5. The Labute approximate surface area is 180 Å². The Bertz CT molecular complexity index is 818. The van der Waals surface area contributed by atoms with Crippen molar-refractivity contribution >= 4 is 28.9 Å². The number of urea groups is 1. The zero-order valence-corrected chi connectivity index (χ0v) is 18.2. The normalized spacial score (nSPS) is 15.3. The van der Waals surface area contributed by atoms with Crippen molar-refractivity contribution in [1.29, 1.82) is 0 Å². The fourth-order valence-electron chi connectivity index (χ4n) is 3.72. The van der Waals surface area contributed by atoms with Crippen LogP contribution in [-0.4, -0.2) is 71.6 Å². The van der Waals surface area contributed by atoms with E-state index < -0.39 is 4.92 Å². The lowest BCUT2D eigenvalue weighted by Gasteiger charge is -2.36. The number of nitro groups is 1. The fourth-order valence-corrected chi connectivity index (χ4v) is 4.43. The Balaban J connectivity index is 1.52. The number of thiophene rings is 1. The first-order valence-electron chi connectivity index (χ1n) is 10.2. The van der Waals surface area contributed by atoms with E-state index in [2.05, 4.69) is 50.8 Å². The minimum absolute atomic E-state index is 0.0520. The Morgan fingerprint density at radius 2 is 2.00 bits per heavy atom. The molecule has 162 valence electrons. The summed E-state index contributed by atoms with van der Waals surface area (Å²) in [7, 11) is 0. The number of rotatable bonds is 8. The molecule has 1 N–H and O–H groups in total. The molecule has 1 atom stereocenters. The average Bonchev–Trinajstić information content (AvgIpc) is 3.31. The lowest BCUT2D eigenvalue weighted by molar-refractivity contribution is -0.389. The molecule has 0 radical (unpaired) electrons. The molecule has 30 heavy (non-hydrogen) atoms. The van der Waals surface area contributed by atoms with Gasteiger partial charge in [-0.15, -0.1) is 0 Å². The van der Waals surface area contributed by atoms with E-state index in [-0.39, 0.29) is 17.9 Å². The van der Waals surface area contributed by atoms with E-state index in [1.54, 1.807) is 17.4 Å². The summed E-state index contributed by atoms with van der Waals surface area (Å²) < 4.78 is 0. The molecule has 3 rings (SSSR count). The molecule has 2 amide bonds. The molecule has 3 heterocycles. The molecule has 0 aliphatic carbocycles. The van der Waals surface area contributed by atoms with Gasteiger partial charge in [-0.1, -0.05) is 13.8 Å². The highest BCUT2D eigenvalue weighted by molar-refractivity contribution is 7.07. The van der Waals surface area contributed by atoms with Crippen LogP contribution in [0, 0.1) is 10.1 Å². The molecular formula is C20H28N6O3S. The molecule has 0 bridgehead atoms. The highest BCUT2D eigenvalue weighted by Gasteiger charge is 2.24. The van der Waals surface area contributed by atoms with E-state index in [0.717, 1.165) is 18.8 Å². The van der Waals surface area contributed by atoms with Gasteiger partial charge in [0, 0.05) is 38.8 Å². The van der Waals surface area contributed by atoms with E-state index in [0.29, 0.717) is 32.7 Å². The molecule has 1 saturated heterocycles. The number of piperazine rings is 1. The van der Waals surface area contributed by atoms with Gasteiger partial charge in [0.05, 0.1) is 11.7 Å². The predicted octanol–water partition coefficient (Wildman–Crippen LogP) is 2.97. The molecule has 1 aliphatic heterocycles. The number of hydrogen-bond donors (Lipinski definition) is 1. The summed E-state index contributed by atoms with van der Waals surface area (Å²) >= 11 is 1.67. The Hall–Kier alpha value is -2.72. The predicted molar refractivity (Wildman–Crippen MR) is 118 cm³/mol. The van der Waals surface area contributed by atoms with Crippen LogP contribution in [-0.2, 0) is 0 Å². The van der Waals surface area contributed by atoms with Crippen molar-refractivity contribution in [3.63, 3.8) is 0 Å². The molecule has 1 unspecified atom stereocenters. The Morgan fingerprint density at radius 3 is 2.53 bits per heavy atom. The van der Waals surface area contributed by atoms with Crippen LogP contribution >= 0.6 is 11.3 Å². The van der Waals surface area contributed by atoms with Gasteiger partial charge in [0.25, 0.3) is 0 Å². The van der Waals surface area contributed by atoms with Crippen LogP contribution < -0.4 is 10.2 Å². The van der Waals surface area contributed by atoms with Crippen molar-refractivity contribution in [2.75, 3.05) is 50.7 Å². The summed E-state index contributed by atoms with van der Waals surface area (Å²) in [6.07, 6.45) is 1.52. The van der Waals surface area contributed by atoms with Crippen molar-refractivity contribution in [2.24, 2.45) is 0 Å². The second kappa shape index (κ2) is 10.4. The van der Waals surface area contributed by atoms with Gasteiger partial charge in [0.15, 0.2) is 6.20 Å². The van der Waals surface area contributed by atoms with Crippen molar-refractivity contribution in [1.82, 2.24) is 20.1 Å². The Kier molecular flexibility index (Phi) is 7.58. The van der Waals surface area contributed by atoms with Crippen molar-refractivity contribution in [2.45, 2.75) is 19.9 Å². The minimum Gasteiger partial charge on any atom is -0.365 e. The van der Waals surface area contributed by atoms with Crippen LogP contribution in [0.5, 0.6) is 0 Å². The van der Waals surface area contributed by atoms with Gasteiger partial charge in [-0.05, 0) is 51.5 Å². The minimum atomic E-state index is -0.506. The van der Waals surface area contributed by atoms with Gasteiger partial charge >= 0.3 is 11.8 Å². The number of carbonyl (C=O) groups is 1. The standard InChI is InChI=1S/C20H28N6O3S/c1-3-23(4-2)18(16-7-12-30-15-16)14-22-20(27)25-10-8-24(9-11-25)17-5-6-19(21-13-17)26(28)29/h5-7,12-13,15,18H,3-4,8-11,14H2,1-2H3,(H,22,27). The van der Waals surface area contributed by atoms with E-state index in [4.69, 9.17) is 0 Å². The van der Waals surface area contributed by atoms with E-state index in [1.165, 1.54) is 17.8 Å². The number of nitrogens with one attached hydrogen (secondary N) is 1. The molecule has 1 fully saturated rings. The first-order valence-corrected chi connectivity index (χ1v) is 11.1. The highest BCUT2D eigenvalue weighted by atomic mass is 32.1. The number of aromatic nitrogens is 1. The molecule has 10 heteroatoms. The van der Waals surface area contributed by atoms with E-state index in [1.807, 2.05) is 4.90 Å². The number of likely N-dealkylation sites (N-methyl/N-ethyl adjacent to an activating group) is 1. The fraction of sp³-hybridized carbons (Fsp3) is 0.500. The van der Waals surface area contributed by atoms with Gasteiger partial charge < -0.3 is 25.2 Å². The van der Waals surface area contributed by atoms with E-state index in [9.17, 15) is 14.9 Å². The largest absolute Gasteiger partial charge is 0.365 e. The van der Waals surface area contributed by atoms with Gasteiger partial charge in [-0.3, -0.25) is 4.90 Å². The molecule has 9 nitrogen and oxygen atoms in total. The topological polar surface area (TPSA) is 94.9 Å². The van der Waals surface area contributed by atoms with Gasteiger partial charge in [-0.25, -0.2) is 4.79 Å². The first kappa shape index (κ1) is 22.0. The Morgan fingerprint density at radius 1 is 1.27 bits per heavy atom. The molecule has 2 aromatic rings. The average molecular weight is 433 g/mol. The van der Waals surface area contributed by atoms with Crippen molar-refractivity contribution < 1.29 is 9.72 Å². The highest BCUT2D eigenvalue weighted by Crippen LogP contribution is 2.22. The molecule has 0 spiro atoms. The molecule has 0 saturated carbocycles. The van der Waals surface area contributed by atoms with Gasteiger partial charge in [0.2, 0.25) is 0 Å². The van der Waals surface area contributed by atoms with Crippen molar-refractivity contribution in [3.05, 3.63) is 50.8 Å². The number of amides is 2. The smallest absolute Gasteiger partial charge is 0.363 e. The lowest BCUT2D eigenvalue weighted by atomic mass is 10.1. The maximum atomic E-state index is 12.7. The van der Waals surface area contributed by atoms with Crippen LogP contribution in [0.1, 0.15) is 25.5 Å². The third-order valence-corrected chi connectivity index (χ3v) is 6.18. The maximum Gasteiger partial charge on any atom is 0.363 e. The monoisotopic (exact) mass is 432 g/mol. The maximum absolute atomic E-state index is 12.7. The molecule has 0 aromatic carbocycles. The lowest BCUT2D eigenvalue weighted by Crippen LogP contribution is -2.52. The molecule has 1 aliphatic rings. The third-order valence-electron chi connectivity index (χ3n) is 5.48. The van der Waals surface area contributed by atoms with E-state index >= 15 is 0 Å². The van der Waals surface area contributed by atoms with Crippen LogP contribution in [0.2, 0.25) is 0 Å². The summed E-state index contributed by atoms with van der Waals surface area (Å²) in [5.74, 6) is -0.162. The second-order valence-corrected chi connectivity index (χ2v) is 7.87. The summed E-state index contributed by atoms with van der Waals surface area (Å²) in [6.45, 7) is 9.21. The molecule has 2 aromatic heterocycles. The van der Waals surface area contributed by atoms with Gasteiger partial charge in [-0.2, -0.15) is 11.3 Å². The SMILES string of the molecule is CCN(CC)C(CNC(=O)N1CCN(c2ccc([N+](=O)[O-])nc2)CC1)c1ccsc1. The number of pyridine rings is 1. The third kappa shape index (κ3) is 5.25. The number of hydrogen-bond acceptors (Lipinski definition) is 7. The van der Waals surface area contributed by atoms with Crippen molar-refractivity contribution in [3.8, 4) is 0 Å². The van der Waals surface area contributed by atoms with Gasteiger partial charge in [0.1, 0.15) is 0 Å². The quantitative estimate of drug-likeness (QED) is 0.509. The van der Waals surface area contributed by atoms with Crippen LogP contribution in [0.15, 0.2) is 35.2 Å².